The molecule has 4 aromatic rings. The Labute approximate surface area is 341 Å². The van der Waals surface area contributed by atoms with E-state index in [4.69, 9.17) is 16.3 Å². The highest BCUT2D eigenvalue weighted by atomic mass is 35.5. The summed E-state index contributed by atoms with van der Waals surface area (Å²) in [6.07, 6.45) is 6.01. The third kappa shape index (κ3) is 9.56. The summed E-state index contributed by atoms with van der Waals surface area (Å²) in [4.78, 5) is 62.2. The molecule has 2 fully saturated rings. The maximum atomic E-state index is 15.7. The fourth-order valence-electron chi connectivity index (χ4n) is 7.39. The van der Waals surface area contributed by atoms with Gasteiger partial charge in [-0.2, -0.15) is 5.10 Å². The number of aromatic nitrogens is 4. The number of hydrogen-bond acceptors (Lipinski definition) is 8. The minimum Gasteiger partial charge on any atom is -0.379 e. The second-order valence-electron chi connectivity index (χ2n) is 15.1. The number of halogens is 3. The number of nitrogens with zero attached hydrogens (tertiary/aromatic N) is 7. The molecule has 0 saturated carbocycles. The molecule has 4 amide bonds. The van der Waals surface area contributed by atoms with E-state index >= 15 is 8.78 Å². The van der Waals surface area contributed by atoms with E-state index in [9.17, 15) is 19.2 Å². The smallest absolute Gasteiger partial charge is 0.291 e. The third-order valence-electron chi connectivity index (χ3n) is 10.7. The molecule has 0 spiro atoms. The summed E-state index contributed by atoms with van der Waals surface area (Å²) in [5.41, 5.74) is 1.32. The minimum absolute atomic E-state index is 0.0290. The van der Waals surface area contributed by atoms with Crippen molar-refractivity contribution in [2.24, 2.45) is 13.0 Å². The molecule has 310 valence electrons. The van der Waals surface area contributed by atoms with Gasteiger partial charge in [0, 0.05) is 74.3 Å². The zero-order valence-electron chi connectivity index (χ0n) is 33.5. The molecule has 2 saturated heterocycles. The fourth-order valence-corrected chi connectivity index (χ4v) is 7.65. The first-order valence-corrected chi connectivity index (χ1v) is 19.9. The molecule has 17 heteroatoms. The van der Waals surface area contributed by atoms with Crippen LogP contribution in [-0.4, -0.2) is 124 Å². The van der Waals surface area contributed by atoms with Gasteiger partial charge in [-0.3, -0.25) is 23.9 Å². The van der Waals surface area contributed by atoms with Crippen LogP contribution in [0.2, 0.25) is 5.02 Å². The van der Waals surface area contributed by atoms with Gasteiger partial charge in [-0.15, -0.1) is 0 Å². The van der Waals surface area contributed by atoms with E-state index in [-0.39, 0.29) is 69.5 Å². The van der Waals surface area contributed by atoms with Crippen LogP contribution in [0.1, 0.15) is 59.3 Å². The van der Waals surface area contributed by atoms with E-state index in [0.29, 0.717) is 56.3 Å². The summed E-state index contributed by atoms with van der Waals surface area (Å²) in [6.45, 7) is 7.15. The summed E-state index contributed by atoms with van der Waals surface area (Å²) in [5.74, 6) is -3.45. The molecule has 2 aromatic heterocycles. The van der Waals surface area contributed by atoms with Crippen molar-refractivity contribution in [2.75, 3.05) is 65.3 Å². The number of rotatable bonds is 13. The second kappa shape index (κ2) is 18.6. The summed E-state index contributed by atoms with van der Waals surface area (Å²) in [6, 6.07) is 7.29. The molecule has 4 heterocycles. The van der Waals surface area contributed by atoms with Crippen molar-refractivity contribution in [1.82, 2.24) is 39.3 Å². The zero-order valence-corrected chi connectivity index (χ0v) is 34.2. The van der Waals surface area contributed by atoms with Gasteiger partial charge in [0.05, 0.1) is 40.8 Å². The summed E-state index contributed by atoms with van der Waals surface area (Å²) in [7, 11) is 5.48. The SMILES string of the molecule is CCC(CCN(C)C)C(=O)N1CCN(C(=O)c2ccc(NC(=O)c3ncc(-c4ccc(-c5cn(CC(=O)NC6CCCOC6)nc5C)c(F)c4F)n3C)cc2Cl)CC1. The van der Waals surface area contributed by atoms with E-state index in [2.05, 4.69) is 25.6 Å². The number of hydrogen-bond donors (Lipinski definition) is 2. The van der Waals surface area contributed by atoms with Crippen LogP contribution in [-0.2, 0) is 27.9 Å². The Balaban J connectivity index is 1.07. The molecule has 0 aliphatic carbocycles. The average Bonchev–Trinajstić information content (AvgIpc) is 3.76. The molecular weight excluding hydrogens is 772 g/mol. The third-order valence-corrected chi connectivity index (χ3v) is 11.0. The van der Waals surface area contributed by atoms with Gasteiger partial charge in [0.15, 0.2) is 17.5 Å². The molecule has 2 aliphatic rings. The number of anilines is 1. The molecule has 0 radical (unpaired) electrons. The van der Waals surface area contributed by atoms with Crippen molar-refractivity contribution >= 4 is 40.9 Å². The van der Waals surface area contributed by atoms with Gasteiger partial charge in [-0.05, 0) is 77.5 Å². The number of nitrogens with one attached hydrogen (secondary N) is 2. The summed E-state index contributed by atoms with van der Waals surface area (Å²) in [5, 5.41) is 10.1. The molecule has 2 aromatic carbocycles. The number of carbonyl (C=O) groups is 4. The predicted molar refractivity (Wildman–Crippen MR) is 215 cm³/mol. The Morgan fingerprint density at radius 1 is 1.02 bits per heavy atom. The number of carbonyl (C=O) groups excluding carboxylic acids is 4. The van der Waals surface area contributed by atoms with Crippen LogP contribution >= 0.6 is 11.6 Å². The van der Waals surface area contributed by atoms with Gasteiger partial charge >= 0.3 is 0 Å². The van der Waals surface area contributed by atoms with Gasteiger partial charge in [0.1, 0.15) is 6.54 Å². The molecule has 58 heavy (non-hydrogen) atoms. The van der Waals surface area contributed by atoms with Crippen molar-refractivity contribution in [1.29, 1.82) is 0 Å². The van der Waals surface area contributed by atoms with Crippen molar-refractivity contribution in [3.05, 3.63) is 76.5 Å². The molecule has 2 atom stereocenters. The average molecular weight is 822 g/mol. The number of imidazole rings is 1. The Bertz CT molecular complexity index is 2160. The van der Waals surface area contributed by atoms with Gasteiger partial charge in [0.25, 0.3) is 11.8 Å². The number of amides is 4. The van der Waals surface area contributed by atoms with Crippen molar-refractivity contribution in [3.63, 3.8) is 0 Å². The lowest BCUT2D eigenvalue weighted by atomic mass is 10.00. The maximum Gasteiger partial charge on any atom is 0.291 e. The van der Waals surface area contributed by atoms with Crippen molar-refractivity contribution < 1.29 is 32.7 Å². The van der Waals surface area contributed by atoms with Crippen LogP contribution in [0, 0.1) is 24.5 Å². The van der Waals surface area contributed by atoms with Crippen molar-refractivity contribution in [3.8, 4) is 22.4 Å². The number of ether oxygens (including phenoxy) is 1. The topological polar surface area (TPSA) is 147 Å². The van der Waals surface area contributed by atoms with E-state index in [1.165, 1.54) is 53.0 Å². The first-order valence-electron chi connectivity index (χ1n) is 19.5. The lowest BCUT2D eigenvalue weighted by molar-refractivity contribution is -0.137. The number of aryl methyl sites for hydroxylation is 1. The van der Waals surface area contributed by atoms with E-state index in [1.54, 1.807) is 17.9 Å². The zero-order chi connectivity index (χ0) is 41.7. The molecule has 2 aliphatic heterocycles. The van der Waals surface area contributed by atoms with Gasteiger partial charge < -0.3 is 34.6 Å². The van der Waals surface area contributed by atoms with Crippen LogP contribution in [0.15, 0.2) is 42.7 Å². The molecule has 0 bridgehead atoms. The first-order chi connectivity index (χ1) is 27.7. The lowest BCUT2D eigenvalue weighted by Gasteiger charge is -2.36. The quantitative estimate of drug-likeness (QED) is 0.192. The normalized spacial score (nSPS) is 16.4. The fraction of sp³-hybridized carbons (Fsp3) is 0.463. The highest BCUT2D eigenvalue weighted by molar-refractivity contribution is 6.34. The van der Waals surface area contributed by atoms with Gasteiger partial charge in [-0.25, -0.2) is 13.8 Å². The van der Waals surface area contributed by atoms with E-state index < -0.39 is 17.5 Å². The van der Waals surface area contributed by atoms with E-state index in [0.717, 1.165) is 32.2 Å². The Kier molecular flexibility index (Phi) is 13.6. The first kappa shape index (κ1) is 42.4. The van der Waals surface area contributed by atoms with Crippen LogP contribution in [0.5, 0.6) is 0 Å². The lowest BCUT2D eigenvalue weighted by Crippen LogP contribution is -2.52. The standard InChI is InChI=1S/C41H50ClF2N9O5/c1-6-26(13-14-49(3)4)40(56)51-15-17-52(18-16-51)41(57)30-10-9-27(20-33(30)42)47-39(55)38-45-21-34(50(38)5)31-12-11-29(36(43)37(31)44)32-22-53(48-25(32)2)23-35(54)46-28-8-7-19-58-24-28/h9-12,20-22,26,28H,6-8,13-19,23-24H2,1-5H3,(H,46,54)(H,47,55). The number of benzene rings is 2. The predicted octanol–water partition coefficient (Wildman–Crippen LogP) is 5.00. The molecular formula is C41H50ClF2N9O5. The second-order valence-corrected chi connectivity index (χ2v) is 15.5. The highest BCUT2D eigenvalue weighted by Crippen LogP contribution is 2.33. The molecule has 2 N–H and O–H groups in total. The van der Waals surface area contributed by atoms with Crippen LogP contribution in [0.3, 0.4) is 0 Å². The molecule has 2 unspecified atom stereocenters. The van der Waals surface area contributed by atoms with Crippen LogP contribution in [0.25, 0.3) is 22.4 Å². The molecule has 6 rings (SSSR count). The molecule has 14 nitrogen and oxygen atoms in total. The largest absolute Gasteiger partial charge is 0.379 e. The highest BCUT2D eigenvalue weighted by Gasteiger charge is 2.30. The number of piperazine rings is 1. The minimum atomic E-state index is -1.14. The van der Waals surface area contributed by atoms with E-state index in [1.807, 2.05) is 25.9 Å². The maximum absolute atomic E-state index is 15.7. The van der Waals surface area contributed by atoms with Crippen LogP contribution < -0.4 is 10.6 Å². The van der Waals surface area contributed by atoms with Crippen LogP contribution in [0.4, 0.5) is 14.5 Å². The summed E-state index contributed by atoms with van der Waals surface area (Å²) < 4.78 is 39.6. The van der Waals surface area contributed by atoms with Gasteiger partial charge in [0.2, 0.25) is 11.8 Å². The Hall–Kier alpha value is -5.19. The van der Waals surface area contributed by atoms with Crippen molar-refractivity contribution in [2.45, 2.75) is 52.1 Å². The Morgan fingerprint density at radius 2 is 1.72 bits per heavy atom. The monoisotopic (exact) mass is 821 g/mol. The Morgan fingerprint density at radius 3 is 2.40 bits per heavy atom. The van der Waals surface area contributed by atoms with Gasteiger partial charge in [-0.1, -0.05) is 24.6 Å². The summed E-state index contributed by atoms with van der Waals surface area (Å²) >= 11 is 6.55.